The Bertz CT molecular complexity index is 880. The van der Waals surface area contributed by atoms with Crippen LogP contribution >= 0.6 is 11.6 Å². The Morgan fingerprint density at radius 2 is 1.59 bits per heavy atom. The molecule has 1 fully saturated rings. The lowest BCUT2D eigenvalue weighted by atomic mass is 10.2. The highest BCUT2D eigenvalue weighted by Crippen LogP contribution is 2.20. The van der Waals surface area contributed by atoms with Crippen molar-refractivity contribution in [2.75, 3.05) is 41.3 Å². The highest BCUT2D eigenvalue weighted by molar-refractivity contribution is 6.31. The molecule has 0 unspecified atom stereocenters. The quantitative estimate of drug-likeness (QED) is 0.731. The van der Waals surface area contributed by atoms with Gasteiger partial charge in [0.05, 0.1) is 0 Å². The average Bonchev–Trinajstić information content (AvgIpc) is 2.74. The largest absolute Gasteiger partial charge is 0.366 e. The number of benzene rings is 1. The van der Waals surface area contributed by atoms with Crippen molar-refractivity contribution in [2.45, 2.75) is 6.54 Å². The summed E-state index contributed by atoms with van der Waals surface area (Å²) in [4.78, 5) is 17.8. The second-order valence-electron chi connectivity index (χ2n) is 6.37. The zero-order chi connectivity index (χ0) is 18.5. The number of hydrogen-bond acceptors (Lipinski definition) is 6. The Hall–Kier alpha value is -2.86. The Balaban J connectivity index is 1.37. The summed E-state index contributed by atoms with van der Waals surface area (Å²) in [6, 6.07) is 15.8. The molecule has 0 bridgehead atoms. The molecule has 0 aliphatic carbocycles. The highest BCUT2D eigenvalue weighted by Gasteiger charge is 2.19. The van der Waals surface area contributed by atoms with E-state index in [2.05, 4.69) is 36.1 Å². The Morgan fingerprint density at radius 1 is 0.852 bits per heavy atom. The van der Waals surface area contributed by atoms with E-state index in [-0.39, 0.29) is 0 Å². The van der Waals surface area contributed by atoms with Crippen LogP contribution in [0.4, 0.5) is 17.5 Å². The van der Waals surface area contributed by atoms with Gasteiger partial charge < -0.3 is 15.1 Å². The Labute approximate surface area is 163 Å². The van der Waals surface area contributed by atoms with Crippen molar-refractivity contribution in [1.29, 1.82) is 0 Å². The lowest BCUT2D eigenvalue weighted by Crippen LogP contribution is -2.47. The number of nitrogens with one attached hydrogen (secondary N) is 1. The average molecular weight is 381 g/mol. The molecule has 2 aromatic heterocycles. The number of pyridine rings is 1. The molecule has 1 saturated heterocycles. The standard InChI is InChI=1S/C20H21ClN6/c21-17-6-2-1-5-16(17)14-23-18-13-20(25-15-24-18)27-11-9-26(10-12-27)19-7-3-4-8-22-19/h1-8,13,15H,9-12,14H2,(H,23,24,25). The fourth-order valence-electron chi connectivity index (χ4n) is 3.15. The van der Waals surface area contributed by atoms with Crippen molar-refractivity contribution >= 4 is 29.1 Å². The van der Waals surface area contributed by atoms with Crippen molar-refractivity contribution < 1.29 is 0 Å². The van der Waals surface area contributed by atoms with E-state index in [0.29, 0.717) is 6.54 Å². The van der Waals surface area contributed by atoms with Gasteiger partial charge in [0, 0.05) is 50.0 Å². The first-order valence-corrected chi connectivity index (χ1v) is 9.37. The molecule has 1 aromatic carbocycles. The summed E-state index contributed by atoms with van der Waals surface area (Å²) in [5.41, 5.74) is 1.04. The van der Waals surface area contributed by atoms with E-state index < -0.39 is 0 Å². The van der Waals surface area contributed by atoms with Crippen LogP contribution in [-0.2, 0) is 6.54 Å². The zero-order valence-electron chi connectivity index (χ0n) is 14.9. The molecule has 7 heteroatoms. The fraction of sp³-hybridized carbons (Fsp3) is 0.250. The van der Waals surface area contributed by atoms with E-state index >= 15 is 0 Å². The van der Waals surface area contributed by atoms with Gasteiger partial charge in [0.15, 0.2) is 0 Å². The van der Waals surface area contributed by atoms with Crippen molar-refractivity contribution in [3.63, 3.8) is 0 Å². The molecule has 1 aliphatic heterocycles. The van der Waals surface area contributed by atoms with Crippen LogP contribution in [-0.4, -0.2) is 41.1 Å². The highest BCUT2D eigenvalue weighted by atomic mass is 35.5. The number of hydrogen-bond donors (Lipinski definition) is 1. The third-order valence-electron chi connectivity index (χ3n) is 4.65. The zero-order valence-corrected chi connectivity index (χ0v) is 15.7. The van der Waals surface area contributed by atoms with Gasteiger partial charge in [-0.15, -0.1) is 0 Å². The van der Waals surface area contributed by atoms with Gasteiger partial charge in [-0.2, -0.15) is 0 Å². The second kappa shape index (κ2) is 8.22. The SMILES string of the molecule is Clc1ccccc1CNc1cc(N2CCN(c3ccccn3)CC2)ncn1. The van der Waals surface area contributed by atoms with Crippen LogP contribution in [0.5, 0.6) is 0 Å². The van der Waals surface area contributed by atoms with Gasteiger partial charge in [-0.05, 0) is 23.8 Å². The van der Waals surface area contributed by atoms with Crippen LogP contribution in [0.2, 0.25) is 5.02 Å². The topological polar surface area (TPSA) is 57.2 Å². The number of rotatable bonds is 5. The summed E-state index contributed by atoms with van der Waals surface area (Å²) < 4.78 is 0. The number of halogens is 1. The minimum Gasteiger partial charge on any atom is -0.366 e. The molecule has 0 amide bonds. The molecule has 3 aromatic rings. The predicted molar refractivity (Wildman–Crippen MR) is 109 cm³/mol. The monoisotopic (exact) mass is 380 g/mol. The fourth-order valence-corrected chi connectivity index (χ4v) is 3.35. The molecular weight excluding hydrogens is 360 g/mol. The van der Waals surface area contributed by atoms with Crippen LogP contribution in [0.25, 0.3) is 0 Å². The summed E-state index contributed by atoms with van der Waals surface area (Å²) in [6.07, 6.45) is 3.44. The van der Waals surface area contributed by atoms with Crippen LogP contribution in [0.15, 0.2) is 61.1 Å². The van der Waals surface area contributed by atoms with Gasteiger partial charge in [0.1, 0.15) is 23.8 Å². The number of anilines is 3. The van der Waals surface area contributed by atoms with Crippen molar-refractivity contribution in [1.82, 2.24) is 15.0 Å². The van der Waals surface area contributed by atoms with E-state index in [1.807, 2.05) is 48.7 Å². The van der Waals surface area contributed by atoms with Gasteiger partial charge in [0.25, 0.3) is 0 Å². The molecule has 4 rings (SSSR count). The first-order chi connectivity index (χ1) is 13.3. The normalized spacial score (nSPS) is 14.3. The lowest BCUT2D eigenvalue weighted by Gasteiger charge is -2.36. The van der Waals surface area contributed by atoms with Crippen molar-refractivity contribution in [3.05, 3.63) is 71.6 Å². The summed E-state index contributed by atoms with van der Waals surface area (Å²) in [7, 11) is 0. The molecule has 0 radical (unpaired) electrons. The molecule has 0 spiro atoms. The third kappa shape index (κ3) is 4.28. The van der Waals surface area contributed by atoms with E-state index in [1.165, 1.54) is 0 Å². The van der Waals surface area contributed by atoms with Crippen LogP contribution in [0.3, 0.4) is 0 Å². The first kappa shape index (κ1) is 17.5. The Kier molecular flexibility index (Phi) is 5.34. The van der Waals surface area contributed by atoms with Gasteiger partial charge in [-0.3, -0.25) is 0 Å². The molecule has 27 heavy (non-hydrogen) atoms. The van der Waals surface area contributed by atoms with E-state index in [0.717, 1.165) is 54.2 Å². The molecule has 6 nitrogen and oxygen atoms in total. The number of nitrogens with zero attached hydrogens (tertiary/aromatic N) is 5. The van der Waals surface area contributed by atoms with Crippen molar-refractivity contribution in [3.8, 4) is 0 Å². The Morgan fingerprint density at radius 3 is 2.33 bits per heavy atom. The van der Waals surface area contributed by atoms with E-state index in [1.54, 1.807) is 6.33 Å². The van der Waals surface area contributed by atoms with Crippen LogP contribution < -0.4 is 15.1 Å². The molecule has 1 aliphatic rings. The van der Waals surface area contributed by atoms with Crippen molar-refractivity contribution in [2.24, 2.45) is 0 Å². The summed E-state index contributed by atoms with van der Waals surface area (Å²) in [6.45, 7) is 4.27. The maximum Gasteiger partial charge on any atom is 0.134 e. The molecule has 3 heterocycles. The molecule has 138 valence electrons. The van der Waals surface area contributed by atoms with Crippen LogP contribution in [0.1, 0.15) is 5.56 Å². The van der Waals surface area contributed by atoms with Crippen LogP contribution in [0, 0.1) is 0 Å². The third-order valence-corrected chi connectivity index (χ3v) is 5.02. The number of piperazine rings is 1. The molecular formula is C20H21ClN6. The van der Waals surface area contributed by atoms with Gasteiger partial charge in [0.2, 0.25) is 0 Å². The lowest BCUT2D eigenvalue weighted by molar-refractivity contribution is 0.641. The smallest absolute Gasteiger partial charge is 0.134 e. The van der Waals surface area contributed by atoms with Gasteiger partial charge in [-0.25, -0.2) is 15.0 Å². The minimum atomic E-state index is 0.629. The van der Waals surface area contributed by atoms with E-state index in [4.69, 9.17) is 11.6 Å². The van der Waals surface area contributed by atoms with Gasteiger partial charge >= 0.3 is 0 Å². The van der Waals surface area contributed by atoms with E-state index in [9.17, 15) is 0 Å². The number of aromatic nitrogens is 3. The summed E-state index contributed by atoms with van der Waals surface area (Å²) in [5.74, 6) is 2.77. The summed E-state index contributed by atoms with van der Waals surface area (Å²) >= 11 is 6.22. The summed E-state index contributed by atoms with van der Waals surface area (Å²) in [5, 5.41) is 4.09. The predicted octanol–water partition coefficient (Wildman–Crippen LogP) is 3.46. The maximum absolute atomic E-state index is 6.22. The first-order valence-electron chi connectivity index (χ1n) is 9.00. The second-order valence-corrected chi connectivity index (χ2v) is 6.78. The molecule has 0 atom stereocenters. The molecule has 0 saturated carbocycles. The maximum atomic E-state index is 6.22. The minimum absolute atomic E-state index is 0.629. The molecule has 1 N–H and O–H groups in total. The van der Waals surface area contributed by atoms with Gasteiger partial charge in [-0.1, -0.05) is 35.9 Å².